The highest BCUT2D eigenvalue weighted by Gasteiger charge is 2.12. The Hall–Kier alpha value is -1.75. The average Bonchev–Trinajstić information content (AvgIpc) is 2.82. The minimum Gasteiger partial charge on any atom is -0.309 e. The smallest absolute Gasteiger partial charge is 0.131 e. The third-order valence-electron chi connectivity index (χ3n) is 3.02. The molecule has 0 saturated carbocycles. The molecule has 0 radical (unpaired) electrons. The summed E-state index contributed by atoms with van der Waals surface area (Å²) in [7, 11) is 0. The summed E-state index contributed by atoms with van der Waals surface area (Å²) >= 11 is 0. The van der Waals surface area contributed by atoms with Gasteiger partial charge in [-0.15, -0.1) is 0 Å². The van der Waals surface area contributed by atoms with Crippen LogP contribution in [-0.4, -0.2) is 25.8 Å². The third kappa shape index (κ3) is 3.42. The van der Waals surface area contributed by atoms with Gasteiger partial charge in [-0.3, -0.25) is 0 Å². The molecule has 2 rings (SSSR count). The Morgan fingerprint density at radius 2 is 1.95 bits per heavy atom. The van der Waals surface area contributed by atoms with Crippen LogP contribution in [0.25, 0.3) is 5.69 Å². The Bertz CT molecular complexity index is 571. The van der Waals surface area contributed by atoms with Crippen molar-refractivity contribution < 1.29 is 0 Å². The number of rotatable bonds is 5. The Morgan fingerprint density at radius 1 is 1.20 bits per heavy atom. The largest absolute Gasteiger partial charge is 0.309 e. The van der Waals surface area contributed by atoms with E-state index in [9.17, 15) is 0 Å². The summed E-state index contributed by atoms with van der Waals surface area (Å²) in [4.78, 5) is 9.15. The lowest BCUT2D eigenvalue weighted by Gasteiger charge is -2.14. The predicted octanol–water partition coefficient (Wildman–Crippen LogP) is 2.59. The van der Waals surface area contributed by atoms with E-state index in [0.717, 1.165) is 22.8 Å². The first-order valence-corrected chi connectivity index (χ1v) is 7.08. The van der Waals surface area contributed by atoms with Gasteiger partial charge in [-0.05, 0) is 12.5 Å². The topological polar surface area (TPSA) is 55.6 Å². The summed E-state index contributed by atoms with van der Waals surface area (Å²) in [5, 5.41) is 7.77. The molecule has 2 aromatic heterocycles. The van der Waals surface area contributed by atoms with Gasteiger partial charge in [0.15, 0.2) is 0 Å². The van der Waals surface area contributed by atoms with E-state index in [4.69, 9.17) is 4.98 Å². The lowest BCUT2D eigenvalue weighted by atomic mass is 10.2. The fraction of sp³-hybridized carbons (Fsp3) is 0.533. The van der Waals surface area contributed by atoms with Gasteiger partial charge in [0.05, 0.1) is 18.1 Å². The summed E-state index contributed by atoms with van der Waals surface area (Å²) in [6.45, 7) is 11.2. The summed E-state index contributed by atoms with van der Waals surface area (Å²) in [6, 6.07) is 0.416. The predicted molar refractivity (Wildman–Crippen MR) is 80.0 cm³/mol. The van der Waals surface area contributed by atoms with Crippen molar-refractivity contribution in [3.05, 3.63) is 35.7 Å². The molecular weight excluding hydrogens is 250 g/mol. The Labute approximate surface area is 120 Å². The summed E-state index contributed by atoms with van der Waals surface area (Å²) in [6.07, 6.45) is 5.70. The quantitative estimate of drug-likeness (QED) is 0.909. The molecule has 0 amide bonds. The van der Waals surface area contributed by atoms with Crippen LogP contribution in [0.1, 0.15) is 50.7 Å². The van der Waals surface area contributed by atoms with E-state index in [0.29, 0.717) is 18.5 Å². The van der Waals surface area contributed by atoms with Crippen LogP contribution in [0.2, 0.25) is 0 Å². The van der Waals surface area contributed by atoms with Gasteiger partial charge in [0.1, 0.15) is 11.5 Å². The molecule has 108 valence electrons. The molecule has 5 heteroatoms. The van der Waals surface area contributed by atoms with Gasteiger partial charge in [0, 0.05) is 24.7 Å². The van der Waals surface area contributed by atoms with Gasteiger partial charge >= 0.3 is 0 Å². The zero-order chi connectivity index (χ0) is 14.7. The number of nitrogens with zero attached hydrogens (tertiary/aromatic N) is 4. The van der Waals surface area contributed by atoms with Crippen LogP contribution in [0.4, 0.5) is 0 Å². The lowest BCUT2D eigenvalue weighted by molar-refractivity contribution is 0.573. The molecule has 2 aromatic rings. The summed E-state index contributed by atoms with van der Waals surface area (Å²) < 4.78 is 1.84. The highest BCUT2D eigenvalue weighted by atomic mass is 15.3. The molecule has 1 N–H and O–H groups in total. The third-order valence-corrected chi connectivity index (χ3v) is 3.02. The monoisotopic (exact) mass is 273 g/mol. The molecular formula is C15H23N5. The first-order chi connectivity index (χ1) is 9.47. The normalized spacial score (nSPS) is 11.6. The molecule has 5 nitrogen and oxygen atoms in total. The number of aryl methyl sites for hydroxylation is 1. The van der Waals surface area contributed by atoms with E-state index in [1.54, 1.807) is 0 Å². The van der Waals surface area contributed by atoms with Gasteiger partial charge < -0.3 is 5.32 Å². The Morgan fingerprint density at radius 3 is 2.50 bits per heavy atom. The first kappa shape index (κ1) is 14.7. The molecule has 2 heterocycles. The van der Waals surface area contributed by atoms with Gasteiger partial charge in [-0.1, -0.05) is 27.7 Å². The van der Waals surface area contributed by atoms with Crippen molar-refractivity contribution in [3.63, 3.8) is 0 Å². The second-order valence-electron chi connectivity index (χ2n) is 5.71. The Kier molecular flexibility index (Phi) is 4.49. The van der Waals surface area contributed by atoms with Crippen molar-refractivity contribution in [1.82, 2.24) is 25.1 Å². The molecule has 0 aliphatic heterocycles. The minimum absolute atomic E-state index is 0.321. The number of hydrogen-bond donors (Lipinski definition) is 1. The maximum atomic E-state index is 4.70. The van der Waals surface area contributed by atoms with Crippen molar-refractivity contribution in [2.75, 3.05) is 0 Å². The number of nitrogens with one attached hydrogen (secondary N) is 1. The molecule has 20 heavy (non-hydrogen) atoms. The van der Waals surface area contributed by atoms with Crippen LogP contribution in [0.15, 0.2) is 18.6 Å². The summed E-state index contributed by atoms with van der Waals surface area (Å²) in [5.74, 6) is 1.19. The van der Waals surface area contributed by atoms with E-state index < -0.39 is 0 Å². The van der Waals surface area contributed by atoms with E-state index in [2.05, 4.69) is 43.1 Å². The van der Waals surface area contributed by atoms with Crippen LogP contribution in [0.3, 0.4) is 0 Å². The van der Waals surface area contributed by atoms with Crippen molar-refractivity contribution in [3.8, 4) is 5.69 Å². The SMILES string of the molecule is Cc1cnn(-c2cnc(C(C)C)nc2CNC(C)C)c1. The van der Waals surface area contributed by atoms with Crippen molar-refractivity contribution in [2.24, 2.45) is 0 Å². The number of aromatic nitrogens is 4. The maximum absolute atomic E-state index is 4.70. The van der Waals surface area contributed by atoms with Crippen molar-refractivity contribution in [1.29, 1.82) is 0 Å². The van der Waals surface area contributed by atoms with Crippen LogP contribution >= 0.6 is 0 Å². The summed E-state index contributed by atoms with van der Waals surface area (Å²) in [5.41, 5.74) is 3.05. The van der Waals surface area contributed by atoms with Crippen LogP contribution in [0.5, 0.6) is 0 Å². The zero-order valence-electron chi connectivity index (χ0n) is 12.9. The second kappa shape index (κ2) is 6.13. The lowest BCUT2D eigenvalue weighted by Crippen LogP contribution is -2.24. The first-order valence-electron chi connectivity index (χ1n) is 7.08. The molecule has 0 bridgehead atoms. The molecule has 0 unspecified atom stereocenters. The number of hydrogen-bond acceptors (Lipinski definition) is 4. The zero-order valence-corrected chi connectivity index (χ0v) is 12.9. The van der Waals surface area contributed by atoms with Gasteiger partial charge in [0.2, 0.25) is 0 Å². The fourth-order valence-corrected chi connectivity index (χ4v) is 1.87. The highest BCUT2D eigenvalue weighted by Crippen LogP contribution is 2.16. The van der Waals surface area contributed by atoms with E-state index >= 15 is 0 Å². The van der Waals surface area contributed by atoms with E-state index in [1.165, 1.54) is 0 Å². The molecule has 0 fully saturated rings. The maximum Gasteiger partial charge on any atom is 0.131 e. The van der Waals surface area contributed by atoms with E-state index in [1.807, 2.05) is 30.2 Å². The van der Waals surface area contributed by atoms with Gasteiger partial charge in [-0.2, -0.15) is 5.10 Å². The molecule has 0 saturated heterocycles. The van der Waals surface area contributed by atoms with Gasteiger partial charge in [0.25, 0.3) is 0 Å². The van der Waals surface area contributed by atoms with Crippen molar-refractivity contribution in [2.45, 2.75) is 53.1 Å². The standard InChI is InChI=1S/C15H23N5/c1-10(2)15-17-8-14(20-9-12(5)6-18-20)13(19-15)7-16-11(3)4/h6,8-11,16H,7H2,1-5H3. The molecule has 0 spiro atoms. The van der Waals surface area contributed by atoms with Gasteiger partial charge in [-0.25, -0.2) is 14.6 Å². The van der Waals surface area contributed by atoms with E-state index in [-0.39, 0.29) is 0 Å². The molecule has 0 atom stereocenters. The van der Waals surface area contributed by atoms with Crippen molar-refractivity contribution >= 4 is 0 Å². The highest BCUT2D eigenvalue weighted by molar-refractivity contribution is 5.34. The molecule has 0 aromatic carbocycles. The van der Waals surface area contributed by atoms with Crippen LogP contribution in [-0.2, 0) is 6.54 Å². The minimum atomic E-state index is 0.321. The molecule has 0 aliphatic rings. The fourth-order valence-electron chi connectivity index (χ4n) is 1.87. The average molecular weight is 273 g/mol. The second-order valence-corrected chi connectivity index (χ2v) is 5.71. The molecule has 0 aliphatic carbocycles. The van der Waals surface area contributed by atoms with Crippen LogP contribution < -0.4 is 5.32 Å². The Balaban J connectivity index is 2.38. The van der Waals surface area contributed by atoms with Crippen LogP contribution in [0, 0.1) is 6.92 Å².